The average molecular weight is 231 g/mol. The van der Waals surface area contributed by atoms with Gasteiger partial charge < -0.3 is 9.84 Å². The first-order valence-corrected chi connectivity index (χ1v) is 5.83. The summed E-state index contributed by atoms with van der Waals surface area (Å²) >= 11 is 0. The highest BCUT2D eigenvalue weighted by atomic mass is 16.5. The molecule has 0 radical (unpaired) electrons. The van der Waals surface area contributed by atoms with Gasteiger partial charge in [0.25, 0.3) is 0 Å². The van der Waals surface area contributed by atoms with Gasteiger partial charge in [0, 0.05) is 12.5 Å². The molecule has 0 unspecified atom stereocenters. The highest BCUT2D eigenvalue weighted by molar-refractivity contribution is 5.18. The molecule has 4 nitrogen and oxygen atoms in total. The van der Waals surface area contributed by atoms with E-state index in [2.05, 4.69) is 41.4 Å². The Morgan fingerprint density at radius 3 is 2.71 bits per heavy atom. The van der Waals surface area contributed by atoms with Gasteiger partial charge >= 0.3 is 0 Å². The lowest BCUT2D eigenvalue weighted by atomic mass is 10.1. The molecule has 2 rings (SSSR count). The second-order valence-corrected chi connectivity index (χ2v) is 4.30. The maximum absolute atomic E-state index is 5.16. The Morgan fingerprint density at radius 2 is 2.00 bits per heavy atom. The lowest BCUT2D eigenvalue weighted by Gasteiger charge is -2.02. The molecule has 4 heteroatoms. The van der Waals surface area contributed by atoms with Gasteiger partial charge in [0.1, 0.15) is 0 Å². The summed E-state index contributed by atoms with van der Waals surface area (Å²) in [5.41, 5.74) is 1.19. The molecule has 0 aliphatic carbocycles. The molecule has 0 bridgehead atoms. The minimum Gasteiger partial charge on any atom is -0.338 e. The van der Waals surface area contributed by atoms with E-state index in [-0.39, 0.29) is 0 Å². The van der Waals surface area contributed by atoms with E-state index in [4.69, 9.17) is 4.52 Å². The third-order valence-corrected chi connectivity index (χ3v) is 2.38. The van der Waals surface area contributed by atoms with Gasteiger partial charge in [-0.25, -0.2) is 0 Å². The van der Waals surface area contributed by atoms with Crippen LogP contribution < -0.4 is 5.32 Å². The fraction of sp³-hybridized carbons (Fsp3) is 0.385. The summed E-state index contributed by atoms with van der Waals surface area (Å²) < 4.78 is 5.16. The van der Waals surface area contributed by atoms with Crippen LogP contribution in [-0.2, 0) is 13.0 Å². The molecule has 0 fully saturated rings. The number of hydrogen-bond donors (Lipinski definition) is 1. The van der Waals surface area contributed by atoms with Crippen LogP contribution in [0.1, 0.15) is 31.1 Å². The van der Waals surface area contributed by atoms with Crippen molar-refractivity contribution in [1.29, 1.82) is 0 Å². The second-order valence-electron chi connectivity index (χ2n) is 4.30. The zero-order valence-electron chi connectivity index (χ0n) is 10.2. The molecular weight excluding hydrogens is 214 g/mol. The molecule has 1 aromatic carbocycles. The predicted octanol–water partition coefficient (Wildman–Crippen LogP) is 2.16. The number of nitrogens with zero attached hydrogens (tertiary/aromatic N) is 2. The molecule has 1 heterocycles. The summed E-state index contributed by atoms with van der Waals surface area (Å²) in [6.45, 7) is 4.79. The molecule has 0 aliphatic heterocycles. The highest BCUT2D eigenvalue weighted by Gasteiger charge is 2.06. The highest BCUT2D eigenvalue weighted by Crippen LogP contribution is 2.06. The van der Waals surface area contributed by atoms with Gasteiger partial charge in [0.15, 0.2) is 5.82 Å². The van der Waals surface area contributed by atoms with Gasteiger partial charge in [-0.1, -0.05) is 49.3 Å². The molecule has 2 aromatic rings. The Morgan fingerprint density at radius 1 is 1.24 bits per heavy atom. The van der Waals surface area contributed by atoms with Crippen molar-refractivity contribution in [3.63, 3.8) is 0 Å². The SMILES string of the molecule is CC(C)NCc1nc(Cc2ccccc2)no1. The monoisotopic (exact) mass is 231 g/mol. The summed E-state index contributed by atoms with van der Waals surface area (Å²) in [6.07, 6.45) is 0.714. The fourth-order valence-electron chi connectivity index (χ4n) is 1.50. The molecule has 0 aliphatic rings. The molecule has 0 amide bonds. The standard InChI is InChI=1S/C13H17N3O/c1-10(2)14-9-13-15-12(16-17-13)8-11-6-4-3-5-7-11/h3-7,10,14H,8-9H2,1-2H3. The smallest absolute Gasteiger partial charge is 0.240 e. The summed E-state index contributed by atoms with van der Waals surface area (Å²) in [5, 5.41) is 7.21. The number of aromatic nitrogens is 2. The first-order chi connectivity index (χ1) is 8.24. The Kier molecular flexibility index (Phi) is 3.88. The van der Waals surface area contributed by atoms with Gasteiger partial charge in [-0.3, -0.25) is 0 Å². The Labute approximate surface area is 101 Å². The lowest BCUT2D eigenvalue weighted by Crippen LogP contribution is -2.21. The molecule has 0 saturated heterocycles. The first-order valence-electron chi connectivity index (χ1n) is 5.83. The summed E-state index contributed by atoms with van der Waals surface area (Å²) in [6, 6.07) is 10.6. The van der Waals surface area contributed by atoms with Gasteiger partial charge in [0.2, 0.25) is 5.89 Å². The van der Waals surface area contributed by atoms with Crippen LogP contribution in [0.5, 0.6) is 0 Å². The topological polar surface area (TPSA) is 51.0 Å². The maximum Gasteiger partial charge on any atom is 0.240 e. The van der Waals surface area contributed by atoms with Crippen molar-refractivity contribution in [2.75, 3.05) is 0 Å². The van der Waals surface area contributed by atoms with E-state index in [1.165, 1.54) is 5.56 Å². The average Bonchev–Trinajstić information content (AvgIpc) is 2.75. The van der Waals surface area contributed by atoms with Crippen LogP contribution in [-0.4, -0.2) is 16.2 Å². The van der Waals surface area contributed by atoms with Crippen LogP contribution in [0.25, 0.3) is 0 Å². The van der Waals surface area contributed by atoms with E-state index < -0.39 is 0 Å². The van der Waals surface area contributed by atoms with Crippen LogP contribution in [0, 0.1) is 0 Å². The van der Waals surface area contributed by atoms with E-state index in [0.717, 1.165) is 5.82 Å². The Balaban J connectivity index is 1.94. The van der Waals surface area contributed by atoms with E-state index in [0.29, 0.717) is 24.9 Å². The van der Waals surface area contributed by atoms with Crippen LogP contribution in [0.3, 0.4) is 0 Å². The van der Waals surface area contributed by atoms with Crippen molar-refractivity contribution < 1.29 is 4.52 Å². The number of hydrogen-bond acceptors (Lipinski definition) is 4. The predicted molar refractivity (Wildman–Crippen MR) is 65.5 cm³/mol. The first kappa shape index (κ1) is 11.8. The second kappa shape index (κ2) is 5.59. The minimum absolute atomic E-state index is 0.416. The van der Waals surface area contributed by atoms with Crippen molar-refractivity contribution in [3.8, 4) is 0 Å². The number of rotatable bonds is 5. The maximum atomic E-state index is 5.16. The van der Waals surface area contributed by atoms with Crippen molar-refractivity contribution >= 4 is 0 Å². The van der Waals surface area contributed by atoms with E-state index in [1.807, 2.05) is 18.2 Å². The molecule has 17 heavy (non-hydrogen) atoms. The van der Waals surface area contributed by atoms with Crippen LogP contribution in [0.15, 0.2) is 34.9 Å². The van der Waals surface area contributed by atoms with Crippen molar-refractivity contribution in [3.05, 3.63) is 47.6 Å². The largest absolute Gasteiger partial charge is 0.338 e. The molecule has 0 spiro atoms. The summed E-state index contributed by atoms with van der Waals surface area (Å²) in [5.74, 6) is 1.38. The van der Waals surface area contributed by atoms with E-state index >= 15 is 0 Å². The van der Waals surface area contributed by atoms with Gasteiger partial charge in [-0.05, 0) is 5.56 Å². The molecular formula is C13H17N3O. The van der Waals surface area contributed by atoms with Crippen LogP contribution >= 0.6 is 0 Å². The summed E-state index contributed by atoms with van der Waals surface area (Å²) in [7, 11) is 0. The van der Waals surface area contributed by atoms with Crippen molar-refractivity contribution in [2.45, 2.75) is 32.9 Å². The Bertz CT molecular complexity index is 451. The zero-order chi connectivity index (χ0) is 12.1. The van der Waals surface area contributed by atoms with E-state index in [9.17, 15) is 0 Å². The van der Waals surface area contributed by atoms with E-state index in [1.54, 1.807) is 0 Å². The quantitative estimate of drug-likeness (QED) is 0.856. The van der Waals surface area contributed by atoms with Crippen LogP contribution in [0.4, 0.5) is 0 Å². The third-order valence-electron chi connectivity index (χ3n) is 2.38. The van der Waals surface area contributed by atoms with Crippen molar-refractivity contribution in [2.24, 2.45) is 0 Å². The van der Waals surface area contributed by atoms with Gasteiger partial charge in [-0.15, -0.1) is 0 Å². The van der Waals surface area contributed by atoms with Crippen molar-refractivity contribution in [1.82, 2.24) is 15.5 Å². The normalized spacial score (nSPS) is 11.0. The Hall–Kier alpha value is -1.68. The van der Waals surface area contributed by atoms with Crippen LogP contribution in [0.2, 0.25) is 0 Å². The van der Waals surface area contributed by atoms with Gasteiger partial charge in [0.05, 0.1) is 6.54 Å². The fourth-order valence-corrected chi connectivity index (χ4v) is 1.50. The van der Waals surface area contributed by atoms with Gasteiger partial charge in [-0.2, -0.15) is 4.98 Å². The molecule has 0 atom stereocenters. The summed E-state index contributed by atoms with van der Waals surface area (Å²) in [4.78, 5) is 4.34. The third kappa shape index (κ3) is 3.67. The zero-order valence-corrected chi connectivity index (χ0v) is 10.2. The lowest BCUT2D eigenvalue weighted by molar-refractivity contribution is 0.358. The number of nitrogens with one attached hydrogen (secondary N) is 1. The number of benzene rings is 1. The molecule has 90 valence electrons. The molecule has 1 N–H and O–H groups in total. The molecule has 0 saturated carbocycles. The molecule has 1 aromatic heterocycles. The minimum atomic E-state index is 0.416.